The summed E-state index contributed by atoms with van der Waals surface area (Å²) in [5.74, 6) is -1.72. The van der Waals surface area contributed by atoms with Gasteiger partial charge in [-0.2, -0.15) is 13.2 Å². The molecule has 0 aliphatic rings. The fourth-order valence-electron chi connectivity index (χ4n) is 4.06. The third-order valence-electron chi connectivity index (χ3n) is 6.08. The number of nitrogens with zero attached hydrogens (tertiary/aromatic N) is 2. The van der Waals surface area contributed by atoms with Crippen molar-refractivity contribution in [2.75, 3.05) is 30.7 Å². The van der Waals surface area contributed by atoms with Gasteiger partial charge in [0.05, 0.1) is 35.8 Å². The molecule has 0 saturated heterocycles. The lowest BCUT2D eigenvalue weighted by molar-refractivity contribution is -0.137. The first-order chi connectivity index (χ1) is 19.8. The van der Waals surface area contributed by atoms with E-state index in [1.807, 2.05) is 13.8 Å². The van der Waals surface area contributed by atoms with Crippen LogP contribution >= 0.6 is 0 Å². The number of ether oxygens (including phenoxy) is 1. The Hall–Kier alpha value is -3.94. The summed E-state index contributed by atoms with van der Waals surface area (Å²) in [7, 11) is 0. The second-order valence-corrected chi connectivity index (χ2v) is 9.14. The van der Waals surface area contributed by atoms with Crippen molar-refractivity contribution < 1.29 is 35.9 Å². The summed E-state index contributed by atoms with van der Waals surface area (Å²) in [5, 5.41) is 8.47. The zero-order valence-corrected chi connectivity index (χ0v) is 24.4. The van der Waals surface area contributed by atoms with E-state index in [1.165, 1.54) is 13.1 Å². The van der Waals surface area contributed by atoms with E-state index < -0.39 is 52.0 Å². The molecular formula is C28H37F5N6O3. The molecule has 5 N–H and O–H groups in total. The van der Waals surface area contributed by atoms with Gasteiger partial charge in [-0.15, -0.1) is 0 Å². The summed E-state index contributed by atoms with van der Waals surface area (Å²) < 4.78 is 84.0. The molecule has 14 heteroatoms. The number of nitrogen functional groups attached to an aromatic ring is 1. The Labute approximate surface area is 241 Å². The lowest BCUT2D eigenvalue weighted by atomic mass is 9.96. The van der Waals surface area contributed by atoms with E-state index >= 15 is 4.39 Å². The van der Waals surface area contributed by atoms with Crippen molar-refractivity contribution in [1.29, 1.82) is 0 Å². The van der Waals surface area contributed by atoms with Crippen molar-refractivity contribution in [3.8, 4) is 17.1 Å². The van der Waals surface area contributed by atoms with Gasteiger partial charge in [-0.3, -0.25) is 4.79 Å². The molecule has 3 aromatic rings. The van der Waals surface area contributed by atoms with Gasteiger partial charge in [0, 0.05) is 31.1 Å². The molecule has 0 fully saturated rings. The molecule has 0 aliphatic heterocycles. The fraction of sp³-hybridized carbons (Fsp3) is 0.464. The number of rotatable bonds is 13. The summed E-state index contributed by atoms with van der Waals surface area (Å²) in [4.78, 5) is 18.4. The van der Waals surface area contributed by atoms with Crippen molar-refractivity contribution in [1.82, 2.24) is 20.6 Å². The highest BCUT2D eigenvalue weighted by Gasteiger charge is 2.39. The Morgan fingerprint density at radius 3 is 2.38 bits per heavy atom. The largest absolute Gasteiger partial charge is 0.474 e. The Bertz CT molecular complexity index is 1350. The molecule has 3 rings (SSSR count). The number of halogens is 5. The number of benzene rings is 1. The maximum absolute atomic E-state index is 16.0. The van der Waals surface area contributed by atoms with Crippen LogP contribution in [0.15, 0.2) is 16.7 Å². The predicted octanol–water partition coefficient (Wildman–Crippen LogP) is 5.67. The van der Waals surface area contributed by atoms with Crippen molar-refractivity contribution in [2.45, 2.75) is 66.8 Å². The lowest BCUT2D eigenvalue weighted by Crippen LogP contribution is -2.29. The minimum atomic E-state index is -5.03. The van der Waals surface area contributed by atoms with Gasteiger partial charge in [0.2, 0.25) is 12.3 Å². The van der Waals surface area contributed by atoms with Gasteiger partial charge in [0.25, 0.3) is 0 Å². The van der Waals surface area contributed by atoms with E-state index in [4.69, 9.17) is 14.9 Å². The number of nitrogens with one attached hydrogen (secondary N) is 3. The number of aromatic nitrogens is 2. The highest BCUT2D eigenvalue weighted by Crippen LogP contribution is 2.44. The monoisotopic (exact) mass is 600 g/mol. The molecule has 2 aromatic heterocycles. The number of carbonyl (C=O) groups excluding carboxylic acids is 1. The molecule has 1 atom stereocenters. The molecule has 1 amide bonds. The Morgan fingerprint density at radius 1 is 1.10 bits per heavy atom. The zero-order valence-electron chi connectivity index (χ0n) is 24.4. The molecular weight excluding hydrogens is 563 g/mol. The molecule has 1 aromatic carbocycles. The second kappa shape index (κ2) is 15.3. The van der Waals surface area contributed by atoms with E-state index in [2.05, 4.69) is 25.9 Å². The highest BCUT2D eigenvalue weighted by atomic mass is 19.4. The van der Waals surface area contributed by atoms with Gasteiger partial charge >= 0.3 is 6.18 Å². The molecule has 2 heterocycles. The number of hydrogen-bond donors (Lipinski definition) is 4. The Balaban J connectivity index is 0.00000301. The average Bonchev–Trinajstić information content (AvgIpc) is 3.35. The molecule has 0 saturated carbocycles. The molecule has 232 valence electrons. The molecule has 0 spiro atoms. The van der Waals surface area contributed by atoms with E-state index in [1.54, 1.807) is 13.8 Å². The summed E-state index contributed by atoms with van der Waals surface area (Å²) in [6, 6.07) is 0.722. The third-order valence-corrected chi connectivity index (χ3v) is 6.08. The summed E-state index contributed by atoms with van der Waals surface area (Å²) >= 11 is 0. The van der Waals surface area contributed by atoms with Crippen LogP contribution in [-0.2, 0) is 17.5 Å². The van der Waals surface area contributed by atoms with Gasteiger partial charge in [0.1, 0.15) is 17.3 Å². The maximum Gasteiger partial charge on any atom is 0.417 e. The first kappa shape index (κ1) is 34.3. The Kier molecular flexibility index (Phi) is 12.5. The lowest BCUT2D eigenvalue weighted by Gasteiger charge is -2.22. The first-order valence-corrected chi connectivity index (χ1v) is 13.4. The standard InChI is InChI=1S/C26H31F5N6O3.C2H6/c1-13(5-6-33-7-8-34-12-38)39-25-15(3)23(36-11-17-10-35-16(4)40-17)22(28)24(37-25)18-9-19(32)21(27)14(2)20(18)26(29,30)31;1-2/h9-10,12-13,33H,5-8,11,32H2,1-4H3,(H,34,38)(H,36,37);1-2H3. The van der Waals surface area contributed by atoms with Crippen LogP contribution in [-0.4, -0.2) is 42.1 Å². The first-order valence-electron chi connectivity index (χ1n) is 13.4. The number of pyridine rings is 1. The quantitative estimate of drug-likeness (QED) is 0.0856. The van der Waals surface area contributed by atoms with Crippen LogP contribution in [0.1, 0.15) is 55.5 Å². The van der Waals surface area contributed by atoms with Gasteiger partial charge in [-0.1, -0.05) is 13.8 Å². The molecule has 0 bridgehead atoms. The predicted molar refractivity (Wildman–Crippen MR) is 150 cm³/mol. The normalized spacial score (nSPS) is 11.9. The van der Waals surface area contributed by atoms with Crippen LogP contribution in [0.3, 0.4) is 0 Å². The molecule has 1 unspecified atom stereocenters. The molecule has 42 heavy (non-hydrogen) atoms. The number of amides is 1. The number of aryl methyl sites for hydroxylation is 1. The number of oxazole rings is 1. The number of alkyl halides is 3. The smallest absolute Gasteiger partial charge is 0.417 e. The van der Waals surface area contributed by atoms with E-state index in [9.17, 15) is 22.4 Å². The van der Waals surface area contributed by atoms with Crippen LogP contribution in [0.25, 0.3) is 11.3 Å². The van der Waals surface area contributed by atoms with E-state index in [0.29, 0.717) is 44.1 Å². The van der Waals surface area contributed by atoms with Crippen LogP contribution in [0.5, 0.6) is 5.88 Å². The number of anilines is 2. The minimum Gasteiger partial charge on any atom is -0.474 e. The van der Waals surface area contributed by atoms with Gasteiger partial charge in [0.15, 0.2) is 11.7 Å². The third kappa shape index (κ3) is 8.54. The average molecular weight is 601 g/mol. The van der Waals surface area contributed by atoms with Crippen LogP contribution in [0, 0.1) is 32.4 Å². The molecule has 0 radical (unpaired) electrons. The fourth-order valence-corrected chi connectivity index (χ4v) is 4.06. The number of nitrogens with two attached hydrogens (primary N) is 1. The topological polar surface area (TPSA) is 127 Å². The van der Waals surface area contributed by atoms with Crippen molar-refractivity contribution in [3.63, 3.8) is 0 Å². The van der Waals surface area contributed by atoms with Crippen molar-refractivity contribution in [3.05, 3.63) is 52.2 Å². The zero-order chi connectivity index (χ0) is 31.6. The summed E-state index contributed by atoms with van der Waals surface area (Å²) in [6.07, 6.45) is -3.03. The van der Waals surface area contributed by atoms with Crippen LogP contribution in [0.4, 0.5) is 33.3 Å². The van der Waals surface area contributed by atoms with Gasteiger partial charge < -0.3 is 30.8 Å². The number of hydrogen-bond acceptors (Lipinski definition) is 8. The van der Waals surface area contributed by atoms with Gasteiger partial charge in [-0.05, 0) is 45.4 Å². The Morgan fingerprint density at radius 2 is 1.79 bits per heavy atom. The molecule has 9 nitrogen and oxygen atoms in total. The maximum atomic E-state index is 16.0. The highest BCUT2D eigenvalue weighted by molar-refractivity contribution is 5.76. The summed E-state index contributed by atoms with van der Waals surface area (Å²) in [5.41, 5.74) is 1.51. The van der Waals surface area contributed by atoms with Gasteiger partial charge in [-0.25, -0.2) is 18.7 Å². The summed E-state index contributed by atoms with van der Waals surface area (Å²) in [6.45, 7) is 11.2. The van der Waals surface area contributed by atoms with Crippen LogP contribution in [0.2, 0.25) is 0 Å². The number of carbonyl (C=O) groups is 1. The minimum absolute atomic E-state index is 0.0352. The second-order valence-electron chi connectivity index (χ2n) is 9.14. The van der Waals surface area contributed by atoms with E-state index in [-0.39, 0.29) is 23.7 Å². The van der Waals surface area contributed by atoms with Crippen molar-refractivity contribution >= 4 is 17.8 Å². The van der Waals surface area contributed by atoms with E-state index in [0.717, 1.165) is 13.0 Å². The van der Waals surface area contributed by atoms with Crippen molar-refractivity contribution in [2.24, 2.45) is 0 Å². The molecule has 0 aliphatic carbocycles. The SMILES string of the molecule is CC.Cc1ncc(CNc2c(C)c(OC(C)CCNCCNC=O)nc(-c3cc(N)c(F)c(C)c3C(F)(F)F)c2F)o1. The van der Waals surface area contributed by atoms with Crippen LogP contribution < -0.4 is 26.4 Å².